The van der Waals surface area contributed by atoms with Gasteiger partial charge in [-0.05, 0) is 57.2 Å². The molecule has 0 spiro atoms. The topological polar surface area (TPSA) is 31.2 Å². The van der Waals surface area contributed by atoms with E-state index >= 15 is 0 Å². The van der Waals surface area contributed by atoms with Crippen molar-refractivity contribution < 1.29 is 9.53 Å². The van der Waals surface area contributed by atoms with Gasteiger partial charge in [-0.3, -0.25) is 0 Å². The molecule has 1 aromatic carbocycles. The first-order valence-corrected chi connectivity index (χ1v) is 5.92. The van der Waals surface area contributed by atoms with E-state index in [9.17, 15) is 4.79 Å². The molecule has 0 aliphatic carbocycles. The fraction of sp³-hybridized carbons (Fsp3) is 0.267. The van der Waals surface area contributed by atoms with Gasteiger partial charge in [0.05, 0.1) is 5.56 Å². The van der Waals surface area contributed by atoms with E-state index in [2.05, 4.69) is 0 Å². The molecule has 0 saturated carbocycles. The second-order valence-corrected chi connectivity index (χ2v) is 5.14. The maximum atomic E-state index is 11.8. The molecule has 0 fully saturated rings. The summed E-state index contributed by atoms with van der Waals surface area (Å²) < 4.78 is 7.29. The number of rotatable bonds is 2. The zero-order valence-corrected chi connectivity index (χ0v) is 10.9. The molecule has 0 radical (unpaired) electrons. The Morgan fingerprint density at radius 1 is 1.06 bits per heavy atom. The normalized spacial score (nSPS) is 11.3. The van der Waals surface area contributed by atoms with Crippen LogP contribution in [0.15, 0.2) is 48.8 Å². The van der Waals surface area contributed by atoms with Crippen LogP contribution < -0.4 is 0 Å². The number of nitrogens with zero attached hydrogens (tertiary/aromatic N) is 1. The van der Waals surface area contributed by atoms with E-state index in [0.29, 0.717) is 5.56 Å². The van der Waals surface area contributed by atoms with E-state index in [1.54, 1.807) is 12.1 Å². The van der Waals surface area contributed by atoms with Gasteiger partial charge in [-0.25, -0.2) is 4.79 Å². The van der Waals surface area contributed by atoms with Gasteiger partial charge in [-0.15, -0.1) is 0 Å². The number of esters is 1. The van der Waals surface area contributed by atoms with Crippen molar-refractivity contribution in [2.75, 3.05) is 0 Å². The highest BCUT2D eigenvalue weighted by Gasteiger charge is 2.17. The number of ether oxygens (including phenoxy) is 1. The molecule has 0 unspecified atom stereocenters. The molecule has 94 valence electrons. The fourth-order valence-electron chi connectivity index (χ4n) is 1.61. The van der Waals surface area contributed by atoms with Gasteiger partial charge in [-0.2, -0.15) is 0 Å². The first-order chi connectivity index (χ1) is 8.46. The Kier molecular flexibility index (Phi) is 3.24. The van der Waals surface area contributed by atoms with Crippen LogP contribution in [0.2, 0.25) is 0 Å². The Bertz CT molecular complexity index is 519. The first kappa shape index (κ1) is 12.4. The van der Waals surface area contributed by atoms with Crippen LogP contribution in [0.4, 0.5) is 0 Å². The lowest BCUT2D eigenvalue weighted by Gasteiger charge is -2.19. The maximum absolute atomic E-state index is 11.8. The summed E-state index contributed by atoms with van der Waals surface area (Å²) in [7, 11) is 0. The predicted molar refractivity (Wildman–Crippen MR) is 70.9 cm³/mol. The molecular formula is C15H17NO2. The van der Waals surface area contributed by atoms with E-state index in [1.165, 1.54) is 0 Å². The van der Waals surface area contributed by atoms with Crippen LogP contribution in [0.1, 0.15) is 31.1 Å². The molecule has 0 N–H and O–H groups in total. The van der Waals surface area contributed by atoms with Gasteiger partial charge >= 0.3 is 5.97 Å². The van der Waals surface area contributed by atoms with Crippen molar-refractivity contribution in [3.05, 3.63) is 54.4 Å². The van der Waals surface area contributed by atoms with Crippen LogP contribution in [-0.2, 0) is 4.74 Å². The van der Waals surface area contributed by atoms with E-state index in [4.69, 9.17) is 4.74 Å². The highest BCUT2D eigenvalue weighted by atomic mass is 16.6. The molecule has 18 heavy (non-hydrogen) atoms. The van der Waals surface area contributed by atoms with Crippen LogP contribution in [0, 0.1) is 0 Å². The molecule has 1 aromatic heterocycles. The lowest BCUT2D eigenvalue weighted by Crippen LogP contribution is -2.23. The Hall–Kier alpha value is -2.03. The van der Waals surface area contributed by atoms with Gasteiger partial charge < -0.3 is 9.30 Å². The Labute approximate surface area is 107 Å². The van der Waals surface area contributed by atoms with Crippen LogP contribution in [-0.4, -0.2) is 16.1 Å². The summed E-state index contributed by atoms with van der Waals surface area (Å²) in [5.41, 5.74) is 1.13. The number of benzene rings is 1. The standard InChI is InChI=1S/C15H17NO2/c1-15(2,3)18-14(17)12-6-8-13(9-7-12)16-10-4-5-11-16/h4-11H,1-3H3. The summed E-state index contributed by atoms with van der Waals surface area (Å²) in [6.45, 7) is 5.58. The Balaban J connectivity index is 2.15. The summed E-state index contributed by atoms with van der Waals surface area (Å²) in [6, 6.07) is 11.3. The minimum Gasteiger partial charge on any atom is -0.456 e. The number of aromatic nitrogens is 1. The summed E-state index contributed by atoms with van der Waals surface area (Å²) in [4.78, 5) is 11.8. The van der Waals surface area contributed by atoms with Crippen LogP contribution in [0.5, 0.6) is 0 Å². The summed E-state index contributed by atoms with van der Waals surface area (Å²) >= 11 is 0. The fourth-order valence-corrected chi connectivity index (χ4v) is 1.61. The van der Waals surface area contributed by atoms with Crippen LogP contribution in [0.3, 0.4) is 0 Å². The van der Waals surface area contributed by atoms with Crippen molar-refractivity contribution in [2.45, 2.75) is 26.4 Å². The number of hydrogen-bond acceptors (Lipinski definition) is 2. The van der Waals surface area contributed by atoms with Gasteiger partial charge in [0.25, 0.3) is 0 Å². The molecule has 0 amide bonds. The molecule has 0 aliphatic heterocycles. The molecule has 3 nitrogen and oxygen atoms in total. The van der Waals surface area contributed by atoms with E-state index in [-0.39, 0.29) is 5.97 Å². The molecular weight excluding hydrogens is 226 g/mol. The van der Waals surface area contributed by atoms with Crippen molar-refractivity contribution >= 4 is 5.97 Å². The van der Waals surface area contributed by atoms with Crippen molar-refractivity contribution in [1.29, 1.82) is 0 Å². The average Bonchev–Trinajstić information content (AvgIpc) is 2.80. The molecule has 0 bridgehead atoms. The lowest BCUT2D eigenvalue weighted by molar-refractivity contribution is 0.00696. The average molecular weight is 243 g/mol. The van der Waals surface area contributed by atoms with Gasteiger partial charge in [-0.1, -0.05) is 0 Å². The highest BCUT2D eigenvalue weighted by molar-refractivity contribution is 5.89. The summed E-state index contributed by atoms with van der Waals surface area (Å²) in [5, 5.41) is 0. The van der Waals surface area contributed by atoms with Crippen molar-refractivity contribution in [3.63, 3.8) is 0 Å². The first-order valence-electron chi connectivity index (χ1n) is 5.92. The third-order valence-corrected chi connectivity index (χ3v) is 2.40. The SMILES string of the molecule is CC(C)(C)OC(=O)c1ccc(-n2cccc2)cc1. The zero-order valence-electron chi connectivity index (χ0n) is 10.9. The maximum Gasteiger partial charge on any atom is 0.338 e. The van der Waals surface area contributed by atoms with Gasteiger partial charge in [0.1, 0.15) is 5.60 Å². The van der Waals surface area contributed by atoms with E-state index < -0.39 is 5.60 Å². The van der Waals surface area contributed by atoms with Crippen LogP contribution >= 0.6 is 0 Å². The quantitative estimate of drug-likeness (QED) is 0.757. The number of carbonyl (C=O) groups excluding carboxylic acids is 1. The Morgan fingerprint density at radius 2 is 1.61 bits per heavy atom. The third-order valence-electron chi connectivity index (χ3n) is 2.40. The predicted octanol–water partition coefficient (Wildman–Crippen LogP) is 3.43. The summed E-state index contributed by atoms with van der Waals surface area (Å²) in [6.07, 6.45) is 3.92. The van der Waals surface area contributed by atoms with E-state index in [1.807, 2.05) is 62.0 Å². The smallest absolute Gasteiger partial charge is 0.338 e. The van der Waals surface area contributed by atoms with E-state index in [0.717, 1.165) is 5.69 Å². The monoisotopic (exact) mass is 243 g/mol. The molecule has 0 atom stereocenters. The highest BCUT2D eigenvalue weighted by Crippen LogP contribution is 2.14. The number of hydrogen-bond donors (Lipinski definition) is 0. The van der Waals surface area contributed by atoms with Gasteiger partial charge in [0.15, 0.2) is 0 Å². The molecule has 0 saturated heterocycles. The minimum atomic E-state index is -0.462. The van der Waals surface area contributed by atoms with Gasteiger partial charge in [0, 0.05) is 18.1 Å². The molecule has 3 heteroatoms. The van der Waals surface area contributed by atoms with Crippen molar-refractivity contribution in [2.24, 2.45) is 0 Å². The number of carbonyl (C=O) groups is 1. The second kappa shape index (κ2) is 4.69. The summed E-state index contributed by atoms with van der Waals surface area (Å²) in [5.74, 6) is -0.290. The van der Waals surface area contributed by atoms with Crippen molar-refractivity contribution in [3.8, 4) is 5.69 Å². The molecule has 0 aliphatic rings. The molecule has 1 heterocycles. The minimum absolute atomic E-state index is 0.290. The largest absolute Gasteiger partial charge is 0.456 e. The zero-order chi connectivity index (χ0) is 13.2. The molecule has 2 aromatic rings. The Morgan fingerprint density at radius 3 is 2.11 bits per heavy atom. The van der Waals surface area contributed by atoms with Crippen molar-refractivity contribution in [1.82, 2.24) is 4.57 Å². The molecule has 2 rings (SSSR count). The lowest BCUT2D eigenvalue weighted by atomic mass is 10.1. The second-order valence-electron chi connectivity index (χ2n) is 5.14. The van der Waals surface area contributed by atoms with Crippen LogP contribution in [0.25, 0.3) is 5.69 Å². The third kappa shape index (κ3) is 3.00. The van der Waals surface area contributed by atoms with Gasteiger partial charge in [0.2, 0.25) is 0 Å².